The van der Waals surface area contributed by atoms with Crippen molar-refractivity contribution in [2.75, 3.05) is 0 Å². The molecule has 0 saturated heterocycles. The number of hydrogen-bond donors (Lipinski definition) is 2. The molecule has 3 rings (SSSR count). The third kappa shape index (κ3) is 4.06. The number of halogens is 2. The van der Waals surface area contributed by atoms with Gasteiger partial charge in [-0.1, -0.05) is 28.1 Å². The Labute approximate surface area is 161 Å². The first-order valence-electron chi connectivity index (χ1n) is 7.97. The van der Waals surface area contributed by atoms with Gasteiger partial charge in [-0.3, -0.25) is 14.8 Å². The van der Waals surface area contributed by atoms with E-state index < -0.39 is 17.1 Å². The highest BCUT2D eigenvalue weighted by atomic mass is 79.9. The fourth-order valence-electron chi connectivity index (χ4n) is 2.56. The molecule has 0 unspecified atom stereocenters. The maximum atomic E-state index is 13.0. The molecule has 0 atom stereocenters. The van der Waals surface area contributed by atoms with E-state index in [1.165, 1.54) is 12.1 Å². The smallest absolute Gasteiger partial charge is 0.335 e. The largest absolute Gasteiger partial charge is 0.493 e. The van der Waals surface area contributed by atoms with Crippen LogP contribution in [0, 0.1) is 5.82 Å². The first-order valence-corrected chi connectivity index (χ1v) is 8.76. The Kier molecular flexibility index (Phi) is 5.36. The minimum Gasteiger partial charge on any atom is -0.493 e. The zero-order valence-electron chi connectivity index (χ0n) is 14.2. The summed E-state index contributed by atoms with van der Waals surface area (Å²) in [6.45, 7) is 1.76. The molecular formula is C19H15BrFN3O3. The SMILES string of the molecule is CC(=NCc1ccc(F)cc1)c1c(O)n(-c2ccc(Br)cc2)c(=O)[nH]c1=O. The summed E-state index contributed by atoms with van der Waals surface area (Å²) in [5.41, 5.74) is -0.192. The first-order chi connectivity index (χ1) is 12.9. The first kappa shape index (κ1) is 18.8. The van der Waals surface area contributed by atoms with E-state index >= 15 is 0 Å². The average molecular weight is 432 g/mol. The number of hydrogen-bond acceptors (Lipinski definition) is 4. The van der Waals surface area contributed by atoms with Gasteiger partial charge in [-0.2, -0.15) is 0 Å². The standard InChI is InChI=1S/C19H15BrFN3O3/c1-11(22-10-12-2-6-14(21)7-3-12)16-17(25)23-19(27)24(18(16)26)15-8-4-13(20)5-9-15/h2-9,26H,10H2,1H3,(H,23,25,27). The molecule has 6 nitrogen and oxygen atoms in total. The minimum absolute atomic E-state index is 0.0976. The predicted octanol–water partition coefficient (Wildman–Crippen LogP) is 3.14. The van der Waals surface area contributed by atoms with Crippen LogP contribution in [-0.4, -0.2) is 20.4 Å². The van der Waals surface area contributed by atoms with E-state index in [9.17, 15) is 19.1 Å². The van der Waals surface area contributed by atoms with Crippen LogP contribution in [0.25, 0.3) is 5.69 Å². The lowest BCUT2D eigenvalue weighted by Gasteiger charge is -2.11. The molecule has 0 aliphatic carbocycles. The van der Waals surface area contributed by atoms with Crippen molar-refractivity contribution in [3.63, 3.8) is 0 Å². The molecular weight excluding hydrogens is 417 g/mol. The van der Waals surface area contributed by atoms with Gasteiger partial charge in [0.1, 0.15) is 11.4 Å². The Morgan fingerprint density at radius 2 is 1.78 bits per heavy atom. The van der Waals surface area contributed by atoms with E-state index in [-0.39, 0.29) is 23.6 Å². The molecule has 0 saturated carbocycles. The summed E-state index contributed by atoms with van der Waals surface area (Å²) in [6, 6.07) is 12.5. The van der Waals surface area contributed by atoms with Gasteiger partial charge in [0.05, 0.1) is 17.9 Å². The zero-order chi connectivity index (χ0) is 19.6. The van der Waals surface area contributed by atoms with Crippen molar-refractivity contribution >= 4 is 21.6 Å². The molecule has 0 amide bonds. The Morgan fingerprint density at radius 3 is 2.41 bits per heavy atom. The number of rotatable bonds is 4. The summed E-state index contributed by atoms with van der Waals surface area (Å²) in [5, 5.41) is 10.6. The molecule has 0 fully saturated rings. The molecule has 8 heteroatoms. The lowest BCUT2D eigenvalue weighted by atomic mass is 10.2. The lowest BCUT2D eigenvalue weighted by Crippen LogP contribution is -2.32. The van der Waals surface area contributed by atoms with Crippen molar-refractivity contribution in [2.24, 2.45) is 4.99 Å². The lowest BCUT2D eigenvalue weighted by molar-refractivity contribution is 0.429. The Hall–Kier alpha value is -3.00. The molecule has 27 heavy (non-hydrogen) atoms. The molecule has 138 valence electrons. The molecule has 1 heterocycles. The van der Waals surface area contributed by atoms with Gasteiger partial charge in [0.25, 0.3) is 5.56 Å². The third-order valence-electron chi connectivity index (χ3n) is 3.94. The van der Waals surface area contributed by atoms with Gasteiger partial charge in [0.15, 0.2) is 0 Å². The van der Waals surface area contributed by atoms with Crippen LogP contribution < -0.4 is 11.2 Å². The van der Waals surface area contributed by atoms with E-state index in [0.29, 0.717) is 5.69 Å². The summed E-state index contributed by atoms with van der Waals surface area (Å²) >= 11 is 3.30. The summed E-state index contributed by atoms with van der Waals surface area (Å²) in [6.07, 6.45) is 0. The van der Waals surface area contributed by atoms with Crippen LogP contribution in [0.15, 0.2) is 67.6 Å². The van der Waals surface area contributed by atoms with E-state index in [2.05, 4.69) is 25.9 Å². The van der Waals surface area contributed by atoms with Gasteiger partial charge in [-0.25, -0.2) is 13.8 Å². The average Bonchev–Trinajstić information content (AvgIpc) is 2.62. The van der Waals surface area contributed by atoms with E-state index in [1.54, 1.807) is 43.3 Å². The van der Waals surface area contributed by atoms with Gasteiger partial charge in [0.2, 0.25) is 5.88 Å². The fraction of sp³-hybridized carbons (Fsp3) is 0.105. The van der Waals surface area contributed by atoms with Gasteiger partial charge in [-0.05, 0) is 48.9 Å². The second kappa shape index (κ2) is 7.71. The molecule has 0 bridgehead atoms. The molecule has 2 aromatic carbocycles. The maximum Gasteiger partial charge on any atom is 0.335 e. The maximum absolute atomic E-state index is 13.0. The van der Waals surface area contributed by atoms with Crippen LogP contribution >= 0.6 is 15.9 Å². The van der Waals surface area contributed by atoms with Crippen LogP contribution in [0.3, 0.4) is 0 Å². The number of aromatic hydroxyl groups is 1. The van der Waals surface area contributed by atoms with Crippen LogP contribution in [-0.2, 0) is 6.54 Å². The molecule has 2 N–H and O–H groups in total. The van der Waals surface area contributed by atoms with Crippen LogP contribution in [0.2, 0.25) is 0 Å². The fourth-order valence-corrected chi connectivity index (χ4v) is 2.82. The highest BCUT2D eigenvalue weighted by Crippen LogP contribution is 2.19. The van der Waals surface area contributed by atoms with E-state index in [1.807, 2.05) is 0 Å². The molecule has 1 aromatic heterocycles. The highest BCUT2D eigenvalue weighted by Gasteiger charge is 2.17. The van der Waals surface area contributed by atoms with Crippen molar-refractivity contribution in [2.45, 2.75) is 13.5 Å². The number of aromatic amines is 1. The summed E-state index contributed by atoms with van der Waals surface area (Å²) in [7, 11) is 0. The van der Waals surface area contributed by atoms with E-state index in [0.717, 1.165) is 14.6 Å². The molecule has 0 aliphatic rings. The second-order valence-electron chi connectivity index (χ2n) is 5.80. The summed E-state index contributed by atoms with van der Waals surface area (Å²) < 4.78 is 14.8. The number of aromatic nitrogens is 2. The van der Waals surface area contributed by atoms with E-state index in [4.69, 9.17) is 0 Å². The molecule has 0 radical (unpaired) electrons. The van der Waals surface area contributed by atoms with Crippen molar-refractivity contribution in [1.82, 2.24) is 9.55 Å². The third-order valence-corrected chi connectivity index (χ3v) is 4.47. The Morgan fingerprint density at radius 1 is 1.15 bits per heavy atom. The van der Waals surface area contributed by atoms with Crippen molar-refractivity contribution in [3.05, 3.63) is 90.8 Å². The number of aliphatic imine (C=N–C) groups is 1. The predicted molar refractivity (Wildman–Crippen MR) is 104 cm³/mol. The quantitative estimate of drug-likeness (QED) is 0.621. The normalized spacial score (nSPS) is 11.6. The van der Waals surface area contributed by atoms with Gasteiger partial charge in [0, 0.05) is 4.47 Å². The van der Waals surface area contributed by atoms with Gasteiger partial charge >= 0.3 is 5.69 Å². The summed E-state index contributed by atoms with van der Waals surface area (Å²) in [5.74, 6) is -0.846. The molecule has 0 aliphatic heterocycles. The molecule has 3 aromatic rings. The second-order valence-corrected chi connectivity index (χ2v) is 6.71. The molecule has 0 spiro atoms. The van der Waals surface area contributed by atoms with Crippen molar-refractivity contribution in [3.8, 4) is 11.6 Å². The van der Waals surface area contributed by atoms with Crippen LogP contribution in [0.5, 0.6) is 5.88 Å². The van der Waals surface area contributed by atoms with Crippen molar-refractivity contribution in [1.29, 1.82) is 0 Å². The number of H-pyrrole nitrogens is 1. The van der Waals surface area contributed by atoms with Crippen molar-refractivity contribution < 1.29 is 9.50 Å². The monoisotopic (exact) mass is 431 g/mol. The Bertz CT molecular complexity index is 1120. The zero-order valence-corrected chi connectivity index (χ0v) is 15.8. The van der Waals surface area contributed by atoms with Gasteiger partial charge < -0.3 is 5.11 Å². The van der Waals surface area contributed by atoms with Crippen LogP contribution in [0.4, 0.5) is 4.39 Å². The number of benzene rings is 2. The number of nitrogens with one attached hydrogen (secondary N) is 1. The Balaban J connectivity index is 2.04. The van der Waals surface area contributed by atoms with Crippen LogP contribution in [0.1, 0.15) is 18.1 Å². The number of nitrogens with zero attached hydrogens (tertiary/aromatic N) is 2. The minimum atomic E-state index is -0.755. The summed E-state index contributed by atoms with van der Waals surface area (Å²) in [4.78, 5) is 30.9. The van der Waals surface area contributed by atoms with Gasteiger partial charge in [-0.15, -0.1) is 0 Å². The topological polar surface area (TPSA) is 87.4 Å². The highest BCUT2D eigenvalue weighted by molar-refractivity contribution is 9.10.